The summed E-state index contributed by atoms with van der Waals surface area (Å²) < 4.78 is 32.9. The lowest BCUT2D eigenvalue weighted by Crippen LogP contribution is -2.41. The van der Waals surface area contributed by atoms with E-state index in [2.05, 4.69) is 4.72 Å². The molecule has 1 aliphatic rings. The van der Waals surface area contributed by atoms with E-state index in [1.807, 2.05) is 26.0 Å². The molecule has 0 heterocycles. The molecule has 19 heavy (non-hydrogen) atoms. The Morgan fingerprint density at radius 1 is 1.26 bits per heavy atom. The summed E-state index contributed by atoms with van der Waals surface area (Å²) in [6.45, 7) is 4.49. The highest BCUT2D eigenvalue weighted by atomic mass is 32.2. The van der Waals surface area contributed by atoms with Crippen LogP contribution in [-0.2, 0) is 14.8 Å². The molecule has 0 saturated heterocycles. The fourth-order valence-corrected chi connectivity index (χ4v) is 3.76. The molecule has 0 spiro atoms. The minimum Gasteiger partial charge on any atom is -0.377 e. The van der Waals surface area contributed by atoms with Crippen LogP contribution in [0.3, 0.4) is 0 Å². The number of ether oxygens (including phenoxy) is 1. The molecule has 0 amide bonds. The second-order valence-corrected chi connectivity index (χ2v) is 6.68. The van der Waals surface area contributed by atoms with E-state index in [-0.39, 0.29) is 12.1 Å². The fourth-order valence-electron chi connectivity index (χ4n) is 2.46. The fraction of sp³-hybridized carbons (Fsp3) is 0.571. The molecule has 0 unspecified atom stereocenters. The van der Waals surface area contributed by atoms with Crippen molar-refractivity contribution in [3.8, 4) is 0 Å². The van der Waals surface area contributed by atoms with Crippen LogP contribution >= 0.6 is 0 Å². The van der Waals surface area contributed by atoms with Crippen molar-refractivity contribution in [1.82, 2.24) is 4.72 Å². The van der Waals surface area contributed by atoms with Gasteiger partial charge in [0.1, 0.15) is 0 Å². The Labute approximate surface area is 115 Å². The first-order chi connectivity index (χ1) is 9.03. The van der Waals surface area contributed by atoms with Crippen molar-refractivity contribution in [2.75, 3.05) is 6.61 Å². The zero-order chi connectivity index (χ0) is 13.9. The third-order valence-corrected chi connectivity index (χ3v) is 4.98. The van der Waals surface area contributed by atoms with Crippen LogP contribution in [-0.4, -0.2) is 27.2 Å². The smallest absolute Gasteiger partial charge is 0.240 e. The number of benzene rings is 1. The summed E-state index contributed by atoms with van der Waals surface area (Å²) in [5.74, 6) is 0. The van der Waals surface area contributed by atoms with E-state index in [9.17, 15) is 8.42 Å². The molecule has 1 saturated carbocycles. The van der Waals surface area contributed by atoms with Gasteiger partial charge in [-0.3, -0.25) is 0 Å². The third kappa shape index (κ3) is 3.55. The molecular weight excluding hydrogens is 262 g/mol. The zero-order valence-corrected chi connectivity index (χ0v) is 12.2. The average molecular weight is 283 g/mol. The molecule has 0 radical (unpaired) electrons. The lowest BCUT2D eigenvalue weighted by molar-refractivity contribution is 0.0540. The molecule has 1 N–H and O–H groups in total. The van der Waals surface area contributed by atoms with Crippen LogP contribution in [0.1, 0.15) is 31.7 Å². The van der Waals surface area contributed by atoms with E-state index in [0.717, 1.165) is 24.8 Å². The molecule has 0 aliphatic heterocycles. The van der Waals surface area contributed by atoms with Gasteiger partial charge in [0.05, 0.1) is 11.0 Å². The van der Waals surface area contributed by atoms with Gasteiger partial charge in [0, 0.05) is 12.6 Å². The van der Waals surface area contributed by atoms with Crippen LogP contribution in [0.25, 0.3) is 0 Å². The summed E-state index contributed by atoms with van der Waals surface area (Å²) in [6.07, 6.45) is 2.78. The Balaban J connectivity index is 2.10. The molecule has 2 atom stereocenters. The number of nitrogens with one attached hydrogen (secondary N) is 1. The monoisotopic (exact) mass is 283 g/mol. The highest BCUT2D eigenvalue weighted by Crippen LogP contribution is 2.24. The second-order valence-electron chi connectivity index (χ2n) is 4.97. The normalized spacial score (nSPS) is 23.7. The largest absolute Gasteiger partial charge is 0.377 e. The molecule has 0 bridgehead atoms. The Morgan fingerprint density at radius 3 is 2.58 bits per heavy atom. The Hall–Kier alpha value is -0.910. The van der Waals surface area contributed by atoms with Crippen LogP contribution in [0.15, 0.2) is 29.2 Å². The maximum Gasteiger partial charge on any atom is 0.240 e. The summed E-state index contributed by atoms with van der Waals surface area (Å²) in [5.41, 5.74) is 1.05. The number of aryl methyl sites for hydroxylation is 1. The van der Waals surface area contributed by atoms with E-state index in [0.29, 0.717) is 11.5 Å². The van der Waals surface area contributed by atoms with Crippen molar-refractivity contribution < 1.29 is 13.2 Å². The minimum absolute atomic E-state index is 0.00484. The molecule has 5 heteroatoms. The van der Waals surface area contributed by atoms with Crippen molar-refractivity contribution in [3.05, 3.63) is 29.8 Å². The van der Waals surface area contributed by atoms with Gasteiger partial charge in [0.2, 0.25) is 10.0 Å². The minimum atomic E-state index is -3.44. The molecule has 0 aromatic heterocycles. The van der Waals surface area contributed by atoms with Crippen molar-refractivity contribution in [2.45, 2.75) is 50.2 Å². The first kappa shape index (κ1) is 14.5. The van der Waals surface area contributed by atoms with Gasteiger partial charge in [-0.15, -0.1) is 0 Å². The van der Waals surface area contributed by atoms with E-state index >= 15 is 0 Å². The van der Waals surface area contributed by atoms with Gasteiger partial charge in [-0.2, -0.15) is 0 Å². The van der Waals surface area contributed by atoms with Gasteiger partial charge < -0.3 is 4.74 Å². The van der Waals surface area contributed by atoms with Crippen molar-refractivity contribution in [3.63, 3.8) is 0 Å². The van der Waals surface area contributed by atoms with Crippen LogP contribution in [0.2, 0.25) is 0 Å². The molecular formula is C14H21NO3S. The first-order valence-corrected chi connectivity index (χ1v) is 8.22. The molecule has 1 aliphatic carbocycles. The van der Waals surface area contributed by atoms with Crippen molar-refractivity contribution >= 4 is 10.0 Å². The average Bonchev–Trinajstić information content (AvgIpc) is 2.77. The summed E-state index contributed by atoms with van der Waals surface area (Å²) >= 11 is 0. The van der Waals surface area contributed by atoms with Crippen molar-refractivity contribution in [2.24, 2.45) is 0 Å². The highest BCUT2D eigenvalue weighted by molar-refractivity contribution is 7.89. The lowest BCUT2D eigenvalue weighted by Gasteiger charge is -2.20. The molecule has 2 rings (SSSR count). The molecule has 106 valence electrons. The summed E-state index contributed by atoms with van der Waals surface area (Å²) in [4.78, 5) is 0.320. The van der Waals surface area contributed by atoms with E-state index in [1.54, 1.807) is 12.1 Å². The van der Waals surface area contributed by atoms with Gasteiger partial charge in [-0.05, 0) is 45.2 Å². The third-order valence-electron chi connectivity index (χ3n) is 3.47. The van der Waals surface area contributed by atoms with Crippen LogP contribution in [0, 0.1) is 6.92 Å². The SMILES string of the molecule is CCO[C@H]1CCC[C@@H]1NS(=O)(=O)c1ccc(C)cc1. The number of hydrogen-bond donors (Lipinski definition) is 1. The number of hydrogen-bond acceptors (Lipinski definition) is 3. The van der Waals surface area contributed by atoms with E-state index in [1.165, 1.54) is 0 Å². The van der Waals surface area contributed by atoms with Crippen molar-refractivity contribution in [1.29, 1.82) is 0 Å². The standard InChI is InChI=1S/C14H21NO3S/c1-3-18-14-6-4-5-13(14)15-19(16,17)12-9-7-11(2)8-10-12/h7-10,13-15H,3-6H2,1-2H3/t13-,14-/m0/s1. The Morgan fingerprint density at radius 2 is 1.95 bits per heavy atom. The first-order valence-electron chi connectivity index (χ1n) is 6.73. The maximum atomic E-state index is 12.3. The number of sulfonamides is 1. The van der Waals surface area contributed by atoms with Crippen LogP contribution in [0.5, 0.6) is 0 Å². The molecule has 1 fully saturated rings. The molecule has 1 aromatic rings. The lowest BCUT2D eigenvalue weighted by atomic mass is 10.2. The van der Waals surface area contributed by atoms with Crippen LogP contribution < -0.4 is 4.72 Å². The van der Waals surface area contributed by atoms with Gasteiger partial charge >= 0.3 is 0 Å². The van der Waals surface area contributed by atoms with Gasteiger partial charge in [-0.1, -0.05) is 17.7 Å². The summed E-state index contributed by atoms with van der Waals surface area (Å²) in [7, 11) is -3.44. The summed E-state index contributed by atoms with van der Waals surface area (Å²) in [5, 5.41) is 0. The van der Waals surface area contributed by atoms with E-state index < -0.39 is 10.0 Å². The van der Waals surface area contributed by atoms with Gasteiger partial charge in [0.25, 0.3) is 0 Å². The zero-order valence-electron chi connectivity index (χ0n) is 11.4. The van der Waals surface area contributed by atoms with Gasteiger partial charge in [0.15, 0.2) is 0 Å². The highest BCUT2D eigenvalue weighted by Gasteiger charge is 2.31. The quantitative estimate of drug-likeness (QED) is 0.901. The molecule has 4 nitrogen and oxygen atoms in total. The Kier molecular flexibility index (Phi) is 4.60. The van der Waals surface area contributed by atoms with Crippen LogP contribution in [0.4, 0.5) is 0 Å². The summed E-state index contributed by atoms with van der Waals surface area (Å²) in [6, 6.07) is 6.79. The number of rotatable bonds is 5. The van der Waals surface area contributed by atoms with E-state index in [4.69, 9.17) is 4.74 Å². The predicted octanol–water partition coefficient (Wildman–Crippen LogP) is 2.23. The Bertz CT molecular complexity index is 510. The topological polar surface area (TPSA) is 55.4 Å². The maximum absolute atomic E-state index is 12.3. The molecule has 1 aromatic carbocycles. The van der Waals surface area contributed by atoms with Gasteiger partial charge in [-0.25, -0.2) is 13.1 Å². The predicted molar refractivity (Wildman–Crippen MR) is 74.6 cm³/mol. The second kappa shape index (κ2) is 6.03.